The van der Waals surface area contributed by atoms with Crippen molar-refractivity contribution >= 4 is 17.1 Å². The fraction of sp³-hybridized carbons (Fsp3) is 0.136. The van der Waals surface area contributed by atoms with Crippen molar-refractivity contribution < 1.29 is 0 Å². The van der Waals surface area contributed by atoms with Gasteiger partial charge in [-0.15, -0.1) is 0 Å². The van der Waals surface area contributed by atoms with E-state index in [0.29, 0.717) is 0 Å². The summed E-state index contributed by atoms with van der Waals surface area (Å²) < 4.78 is 0. The largest absolute Gasteiger partial charge is 0.378 e. The quantitative estimate of drug-likeness (QED) is 0.144. The number of aromatic nitrogens is 3. The summed E-state index contributed by atoms with van der Waals surface area (Å²) in [6.07, 6.45) is 5.83. The third-order valence-electron chi connectivity index (χ3n) is 16.1. The van der Waals surface area contributed by atoms with Gasteiger partial charge < -0.3 is 14.7 Å². The highest BCUT2D eigenvalue weighted by Crippen LogP contribution is 2.62. The normalized spacial score (nSPS) is 18.6. The molecule has 6 heteroatoms. The number of rotatable bonds is 9. The van der Waals surface area contributed by atoms with Crippen molar-refractivity contribution in [2.45, 2.75) is 16.2 Å². The number of pyridine rings is 3. The van der Waals surface area contributed by atoms with Crippen molar-refractivity contribution in [3.05, 3.63) is 286 Å². The Hall–Kier alpha value is -8.61. The first-order valence-electron chi connectivity index (χ1n) is 24.8. The molecule has 3 atom stereocenters. The molecule has 6 nitrogen and oxygen atoms in total. The van der Waals surface area contributed by atoms with Gasteiger partial charge in [-0.1, -0.05) is 146 Å². The highest BCUT2D eigenvalue weighted by atomic mass is 15.1. The maximum Gasteiger partial charge on any atom is 0.0753 e. The molecule has 3 aliphatic carbocycles. The molecule has 0 saturated heterocycles. The average Bonchev–Trinajstić information content (AvgIpc) is 4.02. The fourth-order valence-electron chi connectivity index (χ4n) is 12.9. The topological polar surface area (TPSA) is 48.4 Å². The zero-order valence-corrected chi connectivity index (χ0v) is 41.5. The van der Waals surface area contributed by atoms with E-state index in [0.717, 1.165) is 84.2 Å². The molecule has 0 N–H and O–H groups in total. The molecule has 348 valence electrons. The van der Waals surface area contributed by atoms with Crippen LogP contribution < -0.4 is 14.7 Å². The van der Waals surface area contributed by atoms with Gasteiger partial charge in [0.05, 0.1) is 33.3 Å². The van der Waals surface area contributed by atoms with E-state index in [-0.39, 0.29) is 0 Å². The van der Waals surface area contributed by atoms with Crippen LogP contribution in [-0.4, -0.2) is 57.2 Å². The van der Waals surface area contributed by atoms with Gasteiger partial charge in [-0.05, 0) is 121 Å². The van der Waals surface area contributed by atoms with Gasteiger partial charge in [0, 0.05) is 94.6 Å². The first-order chi connectivity index (χ1) is 35.2. The van der Waals surface area contributed by atoms with E-state index in [2.05, 4.69) is 257 Å². The van der Waals surface area contributed by atoms with Gasteiger partial charge in [-0.25, -0.2) is 0 Å². The van der Waals surface area contributed by atoms with E-state index in [1.165, 1.54) is 33.4 Å². The highest BCUT2D eigenvalue weighted by molar-refractivity contribution is 5.89. The minimum Gasteiger partial charge on any atom is -0.378 e. The molecule has 13 rings (SSSR count). The standard InChI is InChI=1S/C66H54N6/c1-70(2)49-31-25-43(26-32-49)64(55-19-10-7-16-52(55)61-58(64)22-13-37-67-61)46-40-47(65(44-27-33-50(34-28-44)71(3)4)56-20-11-8-17-53(56)62-59(65)23-14-38-68-62)42-48(41-46)66(45-29-35-51(36-30-45)72(5)6)57-21-12-9-18-54(57)63-60(66)24-15-39-69-63/h7-42H,1-6H3. The number of anilines is 3. The van der Waals surface area contributed by atoms with Crippen LogP contribution in [0.4, 0.5) is 17.1 Å². The van der Waals surface area contributed by atoms with E-state index in [1.807, 2.05) is 18.6 Å². The minimum absolute atomic E-state index is 0.798. The molecule has 3 unspecified atom stereocenters. The predicted molar refractivity (Wildman–Crippen MR) is 295 cm³/mol. The summed E-state index contributed by atoms with van der Waals surface area (Å²) >= 11 is 0. The summed E-state index contributed by atoms with van der Waals surface area (Å²) in [6, 6.07) is 75.5. The number of benzene rings is 7. The first-order valence-corrected chi connectivity index (χ1v) is 24.8. The van der Waals surface area contributed by atoms with Crippen molar-refractivity contribution in [2.75, 3.05) is 57.0 Å². The minimum atomic E-state index is -0.798. The molecule has 3 heterocycles. The average molecular weight is 931 g/mol. The van der Waals surface area contributed by atoms with Crippen molar-refractivity contribution in [3.8, 4) is 33.8 Å². The molecule has 0 aliphatic heterocycles. The molecule has 0 amide bonds. The molecule has 0 fully saturated rings. The Kier molecular flexibility index (Phi) is 9.78. The second kappa shape index (κ2) is 16.2. The lowest BCUT2D eigenvalue weighted by Gasteiger charge is -2.41. The van der Waals surface area contributed by atoms with Crippen LogP contribution in [0.1, 0.15) is 66.8 Å². The van der Waals surface area contributed by atoms with E-state index in [4.69, 9.17) is 15.0 Å². The van der Waals surface area contributed by atoms with Crippen LogP contribution >= 0.6 is 0 Å². The van der Waals surface area contributed by atoms with Gasteiger partial charge in [-0.3, -0.25) is 15.0 Å². The molecule has 10 aromatic rings. The summed E-state index contributed by atoms with van der Waals surface area (Å²) in [7, 11) is 12.7. The van der Waals surface area contributed by atoms with E-state index < -0.39 is 16.2 Å². The van der Waals surface area contributed by atoms with Crippen LogP contribution in [0.25, 0.3) is 33.8 Å². The van der Waals surface area contributed by atoms with Crippen molar-refractivity contribution in [2.24, 2.45) is 0 Å². The summed E-state index contributed by atoms with van der Waals surface area (Å²) in [5, 5.41) is 0. The van der Waals surface area contributed by atoms with Crippen LogP contribution in [0.3, 0.4) is 0 Å². The van der Waals surface area contributed by atoms with Crippen molar-refractivity contribution in [1.82, 2.24) is 15.0 Å². The summed E-state index contributed by atoms with van der Waals surface area (Å²) in [4.78, 5) is 22.3. The molecule has 0 radical (unpaired) electrons. The Morgan fingerprint density at radius 2 is 0.514 bits per heavy atom. The van der Waals surface area contributed by atoms with Crippen molar-refractivity contribution in [1.29, 1.82) is 0 Å². The third kappa shape index (κ3) is 5.86. The first kappa shape index (κ1) is 43.4. The van der Waals surface area contributed by atoms with Gasteiger partial charge in [0.1, 0.15) is 0 Å². The highest BCUT2D eigenvalue weighted by Gasteiger charge is 2.53. The predicted octanol–water partition coefficient (Wildman–Crippen LogP) is 13.2. The molecule has 0 saturated carbocycles. The summed E-state index contributed by atoms with van der Waals surface area (Å²) in [6.45, 7) is 0. The molecular weight excluding hydrogens is 877 g/mol. The SMILES string of the molecule is CN(C)c1ccc(C2(c3cc(C4(c5ccc(N(C)C)cc5)c5ccccc5-c5ncccc54)cc(C4(c5ccc(N(C)C)cc5)c5ccccc5-c5ncccc54)c3)c3ccccc3-c3ncccc32)cc1. The molecule has 3 aromatic heterocycles. The van der Waals surface area contributed by atoms with Crippen molar-refractivity contribution in [3.63, 3.8) is 0 Å². The van der Waals surface area contributed by atoms with Crippen LogP contribution in [-0.2, 0) is 16.2 Å². The molecule has 0 bridgehead atoms. The monoisotopic (exact) mass is 930 g/mol. The second-order valence-corrected chi connectivity index (χ2v) is 20.2. The molecular formula is C66H54N6. The Labute approximate surface area is 422 Å². The Morgan fingerprint density at radius 3 is 0.778 bits per heavy atom. The fourth-order valence-corrected chi connectivity index (χ4v) is 12.9. The summed E-state index contributed by atoms with van der Waals surface area (Å²) in [5.74, 6) is 0. The van der Waals surface area contributed by atoms with E-state index in [9.17, 15) is 0 Å². The maximum absolute atomic E-state index is 5.25. The van der Waals surface area contributed by atoms with Gasteiger partial charge in [0.25, 0.3) is 0 Å². The number of nitrogens with zero attached hydrogens (tertiary/aromatic N) is 6. The second-order valence-electron chi connectivity index (χ2n) is 20.2. The Bertz CT molecular complexity index is 3200. The number of hydrogen-bond donors (Lipinski definition) is 0. The number of hydrogen-bond acceptors (Lipinski definition) is 6. The van der Waals surface area contributed by atoms with Gasteiger partial charge in [0.2, 0.25) is 0 Å². The van der Waals surface area contributed by atoms with Crippen LogP contribution in [0.15, 0.2) is 219 Å². The summed E-state index contributed by atoms with van der Waals surface area (Å²) in [5.41, 5.74) is 21.5. The smallest absolute Gasteiger partial charge is 0.0753 e. The zero-order chi connectivity index (χ0) is 48.9. The van der Waals surface area contributed by atoms with Crippen LogP contribution in [0.5, 0.6) is 0 Å². The van der Waals surface area contributed by atoms with E-state index in [1.54, 1.807) is 0 Å². The van der Waals surface area contributed by atoms with E-state index >= 15 is 0 Å². The Morgan fingerprint density at radius 1 is 0.264 bits per heavy atom. The van der Waals surface area contributed by atoms with Gasteiger partial charge in [0.15, 0.2) is 0 Å². The zero-order valence-electron chi connectivity index (χ0n) is 41.5. The third-order valence-corrected chi connectivity index (χ3v) is 16.1. The van der Waals surface area contributed by atoms with Crippen LogP contribution in [0.2, 0.25) is 0 Å². The lowest BCUT2D eigenvalue weighted by atomic mass is 9.60. The molecule has 7 aromatic carbocycles. The lowest BCUT2D eigenvalue weighted by Crippen LogP contribution is -2.35. The lowest BCUT2D eigenvalue weighted by molar-refractivity contribution is 0.711. The molecule has 0 spiro atoms. The molecule has 3 aliphatic rings. The van der Waals surface area contributed by atoms with Gasteiger partial charge >= 0.3 is 0 Å². The maximum atomic E-state index is 5.25. The van der Waals surface area contributed by atoms with Gasteiger partial charge in [-0.2, -0.15) is 0 Å². The molecule has 72 heavy (non-hydrogen) atoms. The Balaban J connectivity index is 1.25. The van der Waals surface area contributed by atoms with Crippen LogP contribution in [0, 0.1) is 0 Å². The number of fused-ring (bicyclic) bond motifs is 9.